The monoisotopic (exact) mass is 277 g/mol. The minimum absolute atomic E-state index is 0.0354. The molecule has 0 aromatic heterocycles. The Morgan fingerprint density at radius 3 is 1.90 bits per heavy atom. The Balaban J connectivity index is 2.58. The van der Waals surface area contributed by atoms with E-state index in [1.807, 2.05) is 20.8 Å². The van der Waals surface area contributed by atoms with Crippen LogP contribution in [0.15, 0.2) is 24.3 Å². The zero-order valence-electron chi connectivity index (χ0n) is 12.3. The van der Waals surface area contributed by atoms with Gasteiger partial charge in [-0.25, -0.2) is 0 Å². The number of hydrogen-bond acceptors (Lipinski definition) is 3. The molecule has 1 atom stereocenters. The van der Waals surface area contributed by atoms with Crippen molar-refractivity contribution < 1.29 is 9.59 Å². The van der Waals surface area contributed by atoms with Gasteiger partial charge in [0.15, 0.2) is 0 Å². The maximum Gasteiger partial charge on any atom is 0.241 e. The summed E-state index contributed by atoms with van der Waals surface area (Å²) in [7, 11) is 0. The second-order valence-corrected chi connectivity index (χ2v) is 5.11. The van der Waals surface area contributed by atoms with Gasteiger partial charge in [-0.1, -0.05) is 27.2 Å². The average molecular weight is 277 g/mol. The van der Waals surface area contributed by atoms with Crippen LogP contribution < -0.4 is 16.4 Å². The SMILES string of the molecule is CCC[C@H](N)C(=O)Nc1ccc(NC(=O)C(C)C)cc1. The molecule has 5 nitrogen and oxygen atoms in total. The number of nitrogens with one attached hydrogen (secondary N) is 2. The molecule has 0 unspecified atom stereocenters. The molecule has 4 N–H and O–H groups in total. The van der Waals surface area contributed by atoms with E-state index < -0.39 is 6.04 Å². The molecule has 0 fully saturated rings. The zero-order valence-corrected chi connectivity index (χ0v) is 12.3. The van der Waals surface area contributed by atoms with Gasteiger partial charge in [-0.2, -0.15) is 0 Å². The van der Waals surface area contributed by atoms with Gasteiger partial charge in [0, 0.05) is 17.3 Å². The first-order valence-corrected chi connectivity index (χ1v) is 6.91. The van der Waals surface area contributed by atoms with E-state index in [0.717, 1.165) is 6.42 Å². The molecule has 110 valence electrons. The number of nitrogens with two attached hydrogens (primary N) is 1. The molecule has 0 radical (unpaired) electrons. The van der Waals surface area contributed by atoms with Crippen molar-refractivity contribution in [3.8, 4) is 0 Å². The molecule has 0 aliphatic heterocycles. The highest BCUT2D eigenvalue weighted by atomic mass is 16.2. The second kappa shape index (κ2) is 7.65. The van der Waals surface area contributed by atoms with Crippen molar-refractivity contribution in [3.63, 3.8) is 0 Å². The fourth-order valence-electron chi connectivity index (χ4n) is 1.60. The Labute approximate surface area is 119 Å². The summed E-state index contributed by atoms with van der Waals surface area (Å²) in [6.45, 7) is 5.65. The zero-order chi connectivity index (χ0) is 15.1. The molecular formula is C15H23N3O2. The van der Waals surface area contributed by atoms with Gasteiger partial charge in [-0.05, 0) is 30.7 Å². The van der Waals surface area contributed by atoms with Gasteiger partial charge in [-0.3, -0.25) is 9.59 Å². The number of rotatable bonds is 6. The van der Waals surface area contributed by atoms with Crippen molar-refractivity contribution in [2.24, 2.45) is 11.7 Å². The van der Waals surface area contributed by atoms with E-state index in [1.165, 1.54) is 0 Å². The quantitative estimate of drug-likeness (QED) is 0.746. The predicted octanol–water partition coefficient (Wildman–Crippen LogP) is 2.35. The highest BCUT2D eigenvalue weighted by Crippen LogP contribution is 2.14. The maximum atomic E-state index is 11.7. The molecule has 0 aliphatic rings. The third-order valence-electron chi connectivity index (χ3n) is 2.88. The Hall–Kier alpha value is -1.88. The fraction of sp³-hybridized carbons (Fsp3) is 0.467. The Morgan fingerprint density at radius 1 is 1.05 bits per heavy atom. The molecule has 0 saturated heterocycles. The fourth-order valence-corrected chi connectivity index (χ4v) is 1.60. The minimum atomic E-state index is -0.486. The minimum Gasteiger partial charge on any atom is -0.326 e. The Morgan fingerprint density at radius 2 is 1.50 bits per heavy atom. The van der Waals surface area contributed by atoms with E-state index in [2.05, 4.69) is 10.6 Å². The van der Waals surface area contributed by atoms with Crippen molar-refractivity contribution in [1.82, 2.24) is 0 Å². The standard InChI is InChI=1S/C15H23N3O2/c1-4-5-13(16)15(20)18-12-8-6-11(7-9-12)17-14(19)10(2)3/h6-10,13H,4-5,16H2,1-3H3,(H,17,19)(H,18,20)/t13-/m0/s1. The number of hydrogen-bond donors (Lipinski definition) is 3. The van der Waals surface area contributed by atoms with Crippen molar-refractivity contribution in [2.75, 3.05) is 10.6 Å². The molecule has 0 bridgehead atoms. The molecule has 1 aromatic carbocycles. The topological polar surface area (TPSA) is 84.2 Å². The Kier molecular flexibility index (Phi) is 6.18. The first-order chi connectivity index (χ1) is 9.43. The van der Waals surface area contributed by atoms with E-state index in [9.17, 15) is 9.59 Å². The lowest BCUT2D eigenvalue weighted by atomic mass is 10.1. The van der Waals surface area contributed by atoms with Gasteiger partial charge in [0.05, 0.1) is 6.04 Å². The first kappa shape index (κ1) is 16.2. The van der Waals surface area contributed by atoms with E-state index in [0.29, 0.717) is 17.8 Å². The van der Waals surface area contributed by atoms with Crippen molar-refractivity contribution in [1.29, 1.82) is 0 Å². The van der Waals surface area contributed by atoms with Crippen LogP contribution in [0.3, 0.4) is 0 Å². The molecular weight excluding hydrogens is 254 g/mol. The van der Waals surface area contributed by atoms with Gasteiger partial charge >= 0.3 is 0 Å². The number of anilines is 2. The van der Waals surface area contributed by atoms with Crippen LogP contribution in [0.2, 0.25) is 0 Å². The highest BCUT2D eigenvalue weighted by Gasteiger charge is 2.12. The number of amides is 2. The van der Waals surface area contributed by atoms with Gasteiger partial charge in [0.25, 0.3) is 0 Å². The van der Waals surface area contributed by atoms with Gasteiger partial charge in [-0.15, -0.1) is 0 Å². The largest absolute Gasteiger partial charge is 0.326 e. The third kappa shape index (κ3) is 5.01. The summed E-state index contributed by atoms with van der Waals surface area (Å²) in [6, 6.07) is 6.50. The molecule has 0 aliphatic carbocycles. The van der Waals surface area contributed by atoms with Gasteiger partial charge in [0.2, 0.25) is 11.8 Å². The molecule has 1 rings (SSSR count). The molecule has 2 amide bonds. The summed E-state index contributed by atoms with van der Waals surface area (Å²) in [5.41, 5.74) is 7.11. The molecule has 0 spiro atoms. The second-order valence-electron chi connectivity index (χ2n) is 5.11. The number of benzene rings is 1. The van der Waals surface area contributed by atoms with E-state index in [1.54, 1.807) is 24.3 Å². The molecule has 20 heavy (non-hydrogen) atoms. The average Bonchev–Trinajstić information content (AvgIpc) is 2.41. The summed E-state index contributed by atoms with van der Waals surface area (Å²) in [5, 5.41) is 5.54. The summed E-state index contributed by atoms with van der Waals surface area (Å²) < 4.78 is 0. The third-order valence-corrected chi connectivity index (χ3v) is 2.88. The van der Waals surface area contributed by atoms with E-state index in [-0.39, 0.29) is 17.7 Å². The summed E-state index contributed by atoms with van der Waals surface area (Å²) in [4.78, 5) is 23.3. The lowest BCUT2D eigenvalue weighted by molar-refractivity contribution is -0.119. The Bertz CT molecular complexity index is 455. The maximum absolute atomic E-state index is 11.7. The summed E-state index contributed by atoms with van der Waals surface area (Å²) in [6.07, 6.45) is 1.53. The number of carbonyl (C=O) groups excluding carboxylic acids is 2. The predicted molar refractivity (Wildman–Crippen MR) is 81.4 cm³/mol. The van der Waals surface area contributed by atoms with Crippen LogP contribution in [-0.4, -0.2) is 17.9 Å². The van der Waals surface area contributed by atoms with Crippen molar-refractivity contribution in [2.45, 2.75) is 39.7 Å². The first-order valence-electron chi connectivity index (χ1n) is 6.91. The highest BCUT2D eigenvalue weighted by molar-refractivity contribution is 5.95. The van der Waals surface area contributed by atoms with Crippen LogP contribution in [0.25, 0.3) is 0 Å². The normalized spacial score (nSPS) is 12.1. The van der Waals surface area contributed by atoms with Crippen LogP contribution in [-0.2, 0) is 9.59 Å². The van der Waals surface area contributed by atoms with E-state index >= 15 is 0 Å². The lowest BCUT2D eigenvalue weighted by Gasteiger charge is -2.12. The van der Waals surface area contributed by atoms with Crippen LogP contribution in [0.4, 0.5) is 11.4 Å². The van der Waals surface area contributed by atoms with Crippen LogP contribution in [0, 0.1) is 5.92 Å². The van der Waals surface area contributed by atoms with Crippen LogP contribution >= 0.6 is 0 Å². The molecule has 5 heteroatoms. The summed E-state index contributed by atoms with van der Waals surface area (Å²) in [5.74, 6) is -0.293. The lowest BCUT2D eigenvalue weighted by Crippen LogP contribution is -2.35. The molecule has 1 aromatic rings. The summed E-state index contributed by atoms with van der Waals surface area (Å²) >= 11 is 0. The van der Waals surface area contributed by atoms with Crippen molar-refractivity contribution in [3.05, 3.63) is 24.3 Å². The molecule has 0 heterocycles. The van der Waals surface area contributed by atoms with Gasteiger partial charge < -0.3 is 16.4 Å². The van der Waals surface area contributed by atoms with Crippen molar-refractivity contribution >= 4 is 23.2 Å². The van der Waals surface area contributed by atoms with Crippen LogP contribution in [0.5, 0.6) is 0 Å². The number of carbonyl (C=O) groups is 2. The van der Waals surface area contributed by atoms with Gasteiger partial charge in [0.1, 0.15) is 0 Å². The van der Waals surface area contributed by atoms with Crippen LogP contribution in [0.1, 0.15) is 33.6 Å². The molecule has 0 saturated carbocycles. The van der Waals surface area contributed by atoms with E-state index in [4.69, 9.17) is 5.73 Å². The smallest absolute Gasteiger partial charge is 0.241 e.